The van der Waals surface area contributed by atoms with Gasteiger partial charge < -0.3 is 5.11 Å². The Bertz CT molecular complexity index is 785. The van der Waals surface area contributed by atoms with Crippen LogP contribution in [0.4, 0.5) is 0 Å². The minimum Gasteiger partial charge on any atom is -0.389 e. The van der Waals surface area contributed by atoms with E-state index in [2.05, 4.69) is 54.5 Å². The second kappa shape index (κ2) is 7.86. The highest BCUT2D eigenvalue weighted by molar-refractivity contribution is 5.89. The molecule has 0 aromatic heterocycles. The number of hydrogen-bond donors (Lipinski definition) is 1. The lowest BCUT2D eigenvalue weighted by molar-refractivity contribution is -0.132. The van der Waals surface area contributed by atoms with Gasteiger partial charge in [-0.1, -0.05) is 44.1 Å². The number of Topliss-reactive ketones (excluding diaryl/α,β-unsaturated/α-hetero) is 1. The van der Waals surface area contributed by atoms with Gasteiger partial charge in [0.15, 0.2) is 0 Å². The third-order valence-electron chi connectivity index (χ3n) is 10.6. The van der Waals surface area contributed by atoms with Crippen LogP contribution in [0, 0.1) is 45.8 Å². The Labute approximate surface area is 191 Å². The molecule has 0 heterocycles. The predicted molar refractivity (Wildman–Crippen MR) is 129 cm³/mol. The van der Waals surface area contributed by atoms with Crippen LogP contribution in [-0.2, 0) is 4.79 Å². The van der Waals surface area contributed by atoms with Gasteiger partial charge in [-0.2, -0.15) is 0 Å². The van der Waals surface area contributed by atoms with Gasteiger partial charge in [-0.3, -0.25) is 4.79 Å². The molecule has 0 aromatic carbocycles. The molecule has 2 heteroatoms. The van der Waals surface area contributed by atoms with Crippen molar-refractivity contribution < 1.29 is 9.90 Å². The Morgan fingerprint density at radius 3 is 2.52 bits per heavy atom. The summed E-state index contributed by atoms with van der Waals surface area (Å²) >= 11 is 0. The van der Waals surface area contributed by atoms with Gasteiger partial charge in [0.25, 0.3) is 0 Å². The maximum Gasteiger partial charge on any atom is 0.142 e. The zero-order valence-electron chi connectivity index (χ0n) is 21.1. The van der Waals surface area contributed by atoms with Gasteiger partial charge in [-0.25, -0.2) is 0 Å². The molecule has 0 aromatic rings. The zero-order chi connectivity index (χ0) is 22.8. The minimum absolute atomic E-state index is 0.213. The number of aliphatic hydroxyl groups is 1. The molecule has 4 aliphatic carbocycles. The molecule has 0 aliphatic heterocycles. The van der Waals surface area contributed by atoms with Crippen molar-refractivity contribution in [1.29, 1.82) is 0 Å². The second-order valence-corrected chi connectivity index (χ2v) is 12.9. The van der Waals surface area contributed by atoms with Gasteiger partial charge in [-0.05, 0) is 113 Å². The number of fused-ring (bicyclic) bond motifs is 5. The molecule has 0 bridgehead atoms. The number of aliphatic hydroxyl groups excluding tert-OH is 1. The van der Waals surface area contributed by atoms with Crippen LogP contribution in [0.15, 0.2) is 23.3 Å². The van der Waals surface area contributed by atoms with Crippen molar-refractivity contribution in [2.24, 2.45) is 45.8 Å². The van der Waals surface area contributed by atoms with Crippen LogP contribution in [0.25, 0.3) is 0 Å². The van der Waals surface area contributed by atoms with Crippen molar-refractivity contribution in [1.82, 2.24) is 0 Å². The van der Waals surface area contributed by atoms with Crippen molar-refractivity contribution in [3.05, 3.63) is 23.3 Å². The summed E-state index contributed by atoms with van der Waals surface area (Å²) < 4.78 is 0. The molecule has 0 spiro atoms. The van der Waals surface area contributed by atoms with Crippen molar-refractivity contribution in [2.75, 3.05) is 0 Å². The van der Waals surface area contributed by atoms with Crippen molar-refractivity contribution in [2.45, 2.75) is 106 Å². The van der Waals surface area contributed by atoms with Crippen molar-refractivity contribution in [3.63, 3.8) is 0 Å². The van der Waals surface area contributed by atoms with Crippen LogP contribution in [-0.4, -0.2) is 17.0 Å². The van der Waals surface area contributed by atoms with E-state index in [4.69, 9.17) is 0 Å². The van der Waals surface area contributed by atoms with E-state index in [1.54, 1.807) is 0 Å². The summed E-state index contributed by atoms with van der Waals surface area (Å²) in [6, 6.07) is 0. The maximum atomic E-state index is 12.7. The second-order valence-electron chi connectivity index (χ2n) is 12.9. The quantitative estimate of drug-likeness (QED) is 0.486. The largest absolute Gasteiger partial charge is 0.389 e. The monoisotopic (exact) mass is 426 g/mol. The molecule has 4 aliphatic rings. The number of ketones is 1. The molecule has 3 fully saturated rings. The van der Waals surface area contributed by atoms with E-state index < -0.39 is 0 Å². The Kier molecular flexibility index (Phi) is 5.90. The van der Waals surface area contributed by atoms with Crippen LogP contribution >= 0.6 is 0 Å². The van der Waals surface area contributed by atoms with Gasteiger partial charge in [0.2, 0.25) is 0 Å². The van der Waals surface area contributed by atoms with E-state index in [9.17, 15) is 9.90 Å². The first-order valence-corrected chi connectivity index (χ1v) is 13.0. The fourth-order valence-corrected chi connectivity index (χ4v) is 9.19. The molecule has 174 valence electrons. The molecule has 8 atom stereocenters. The molecular weight excluding hydrogens is 380 g/mol. The first-order valence-electron chi connectivity index (χ1n) is 13.0. The molecule has 31 heavy (non-hydrogen) atoms. The molecular formula is C29H46O2. The fourth-order valence-electron chi connectivity index (χ4n) is 9.19. The van der Waals surface area contributed by atoms with Crippen molar-refractivity contribution in [3.8, 4) is 0 Å². The lowest BCUT2D eigenvalue weighted by atomic mass is 9.44. The molecule has 1 N–H and O–H groups in total. The summed E-state index contributed by atoms with van der Waals surface area (Å²) in [6.07, 6.45) is 13.4. The van der Waals surface area contributed by atoms with Crippen LogP contribution < -0.4 is 0 Å². The highest BCUT2D eigenvalue weighted by atomic mass is 16.3. The number of carbonyl (C=O) groups excluding carboxylic acids is 1. The van der Waals surface area contributed by atoms with Crippen LogP contribution in [0.5, 0.6) is 0 Å². The highest BCUT2D eigenvalue weighted by Crippen LogP contribution is 2.68. The van der Waals surface area contributed by atoms with E-state index in [1.165, 1.54) is 43.3 Å². The summed E-state index contributed by atoms with van der Waals surface area (Å²) in [5.74, 6) is 4.05. The van der Waals surface area contributed by atoms with E-state index in [0.29, 0.717) is 17.1 Å². The maximum absolute atomic E-state index is 12.7. The zero-order valence-corrected chi connectivity index (χ0v) is 21.1. The fraction of sp³-hybridized carbons (Fsp3) is 0.828. The number of allylic oxidation sites excluding steroid dienone is 3. The third-order valence-corrected chi connectivity index (χ3v) is 10.6. The number of carbonyl (C=O) groups is 1. The molecule has 0 amide bonds. The van der Waals surface area contributed by atoms with Gasteiger partial charge in [0.05, 0.1) is 6.10 Å². The lowest BCUT2D eigenvalue weighted by Crippen LogP contribution is -2.53. The standard InChI is InChI=1S/C29H46O2/c1-18(2)16-20(30)17-19(3)22-9-10-23-21-8-11-25-27(4,5)26(31)13-15-29(25,7)24(21)12-14-28(22,23)6/h11,16,19-24,30H,8-10,12-15,17H2,1-7H3/t19-,20+,21+,22-,23+,24+,28-,29-/m1/s1. The van der Waals surface area contributed by atoms with E-state index in [0.717, 1.165) is 42.9 Å². The average Bonchev–Trinajstić information content (AvgIpc) is 3.02. The van der Waals surface area contributed by atoms with Gasteiger partial charge in [0.1, 0.15) is 5.78 Å². The normalized spacial score (nSPS) is 43.2. The van der Waals surface area contributed by atoms with Gasteiger partial charge in [-0.15, -0.1) is 0 Å². The predicted octanol–water partition coefficient (Wildman–Crippen LogP) is 7.12. The van der Waals surface area contributed by atoms with E-state index in [1.807, 2.05) is 6.08 Å². The molecule has 0 saturated heterocycles. The number of rotatable bonds is 4. The van der Waals surface area contributed by atoms with Gasteiger partial charge >= 0.3 is 0 Å². The average molecular weight is 427 g/mol. The summed E-state index contributed by atoms with van der Waals surface area (Å²) in [4.78, 5) is 12.7. The minimum atomic E-state index is -0.305. The first kappa shape index (κ1) is 23.3. The summed E-state index contributed by atoms with van der Waals surface area (Å²) in [5.41, 5.74) is 3.03. The van der Waals surface area contributed by atoms with Crippen LogP contribution in [0.1, 0.15) is 99.8 Å². The number of hydrogen-bond acceptors (Lipinski definition) is 2. The molecule has 4 rings (SSSR count). The molecule has 3 saturated carbocycles. The Morgan fingerprint density at radius 2 is 1.84 bits per heavy atom. The smallest absolute Gasteiger partial charge is 0.142 e. The summed E-state index contributed by atoms with van der Waals surface area (Å²) in [7, 11) is 0. The Hall–Kier alpha value is -0.890. The van der Waals surface area contributed by atoms with Crippen LogP contribution in [0.3, 0.4) is 0 Å². The third kappa shape index (κ3) is 3.60. The topological polar surface area (TPSA) is 37.3 Å². The van der Waals surface area contributed by atoms with Crippen LogP contribution in [0.2, 0.25) is 0 Å². The molecule has 0 unspecified atom stereocenters. The van der Waals surface area contributed by atoms with E-state index in [-0.39, 0.29) is 16.9 Å². The summed E-state index contributed by atoms with van der Waals surface area (Å²) in [6.45, 7) is 16.0. The molecule has 2 nitrogen and oxygen atoms in total. The summed E-state index contributed by atoms with van der Waals surface area (Å²) in [5, 5.41) is 10.5. The molecule has 0 radical (unpaired) electrons. The SMILES string of the molecule is CC(C)=C[C@H](O)C[C@@H](C)[C@H]1CC[C@H]2[C@@H]3CC=C4C(C)(C)C(=O)CC[C@]4(C)[C@H]3CC[C@]12C. The van der Waals surface area contributed by atoms with Gasteiger partial charge in [0, 0.05) is 11.8 Å². The Balaban J connectivity index is 1.57. The first-order chi connectivity index (χ1) is 14.4. The van der Waals surface area contributed by atoms with Crippen molar-refractivity contribution >= 4 is 5.78 Å². The lowest BCUT2D eigenvalue weighted by Gasteiger charge is -2.60. The Morgan fingerprint density at radius 1 is 1.13 bits per heavy atom. The van der Waals surface area contributed by atoms with E-state index >= 15 is 0 Å². The highest BCUT2D eigenvalue weighted by Gasteiger charge is 2.61.